The lowest BCUT2D eigenvalue weighted by atomic mass is 10.2. The zero-order valence-electron chi connectivity index (χ0n) is 11.3. The smallest absolute Gasteiger partial charge is 0.276 e. The molecule has 0 saturated carbocycles. The number of benzene rings is 1. The van der Waals surface area contributed by atoms with Gasteiger partial charge in [-0.3, -0.25) is 9.89 Å². The highest BCUT2D eigenvalue weighted by Gasteiger charge is 2.11. The number of aromatic amines is 1. The first-order valence-electron chi connectivity index (χ1n) is 6.42. The number of nitrogens with zero attached hydrogens (tertiary/aromatic N) is 2. The van der Waals surface area contributed by atoms with E-state index in [9.17, 15) is 4.79 Å². The molecule has 3 aromatic rings. The van der Waals surface area contributed by atoms with E-state index in [2.05, 4.69) is 20.7 Å². The number of carbonyl (C=O) groups is 1. The van der Waals surface area contributed by atoms with Crippen molar-refractivity contribution in [1.82, 2.24) is 15.6 Å². The Kier molecular flexibility index (Phi) is 4.32. The van der Waals surface area contributed by atoms with Crippen LogP contribution in [0.25, 0.3) is 10.6 Å². The summed E-state index contributed by atoms with van der Waals surface area (Å²) in [6, 6.07) is 14.8. The number of H-pyrrole nitrogens is 1. The van der Waals surface area contributed by atoms with Gasteiger partial charge in [0, 0.05) is 0 Å². The number of amides is 1. The van der Waals surface area contributed by atoms with Gasteiger partial charge in [-0.1, -0.05) is 41.9 Å². The molecule has 110 valence electrons. The standard InChI is InChI=1S/C15H11ClN4OS/c16-14-7-6-13(22-14)11-8-12(19-18-11)15(21)20-17-9-10-4-2-1-3-5-10/h1-9H,(H,18,19)(H,20,21). The minimum absolute atomic E-state index is 0.268. The fourth-order valence-corrected chi connectivity index (χ4v) is 2.79. The van der Waals surface area contributed by atoms with Gasteiger partial charge in [0.2, 0.25) is 0 Å². The zero-order chi connectivity index (χ0) is 15.4. The van der Waals surface area contributed by atoms with E-state index in [4.69, 9.17) is 11.6 Å². The number of hydrazone groups is 1. The average molecular weight is 331 g/mol. The van der Waals surface area contributed by atoms with Gasteiger partial charge in [-0.05, 0) is 23.8 Å². The second-order valence-electron chi connectivity index (χ2n) is 4.38. The van der Waals surface area contributed by atoms with Gasteiger partial charge >= 0.3 is 0 Å². The van der Waals surface area contributed by atoms with Crippen molar-refractivity contribution in [2.75, 3.05) is 0 Å². The van der Waals surface area contributed by atoms with Crippen molar-refractivity contribution >= 4 is 35.1 Å². The summed E-state index contributed by atoms with van der Waals surface area (Å²) >= 11 is 7.31. The summed E-state index contributed by atoms with van der Waals surface area (Å²) in [6.45, 7) is 0. The van der Waals surface area contributed by atoms with E-state index in [-0.39, 0.29) is 11.6 Å². The number of rotatable bonds is 4. The minimum atomic E-state index is -0.377. The van der Waals surface area contributed by atoms with Crippen LogP contribution >= 0.6 is 22.9 Å². The highest BCUT2D eigenvalue weighted by molar-refractivity contribution is 7.19. The van der Waals surface area contributed by atoms with Gasteiger partial charge in [0.1, 0.15) is 0 Å². The third kappa shape index (κ3) is 3.41. The van der Waals surface area contributed by atoms with Crippen molar-refractivity contribution in [3.05, 3.63) is 64.1 Å². The number of nitrogens with one attached hydrogen (secondary N) is 2. The lowest BCUT2D eigenvalue weighted by Crippen LogP contribution is -2.17. The Morgan fingerprint density at radius 3 is 2.82 bits per heavy atom. The molecule has 1 aromatic carbocycles. The first-order valence-corrected chi connectivity index (χ1v) is 7.61. The summed E-state index contributed by atoms with van der Waals surface area (Å²) in [6.07, 6.45) is 1.57. The van der Waals surface area contributed by atoms with Crippen LogP contribution in [0.15, 0.2) is 53.6 Å². The molecule has 0 bridgehead atoms. The van der Waals surface area contributed by atoms with Gasteiger partial charge in [-0.15, -0.1) is 11.3 Å². The molecule has 0 spiro atoms. The van der Waals surface area contributed by atoms with E-state index in [1.807, 2.05) is 36.4 Å². The van der Waals surface area contributed by atoms with Crippen LogP contribution in [0, 0.1) is 0 Å². The van der Waals surface area contributed by atoms with Gasteiger partial charge in [-0.2, -0.15) is 10.2 Å². The van der Waals surface area contributed by atoms with Crippen LogP contribution < -0.4 is 5.43 Å². The Bertz CT molecular complexity index is 810. The fourth-order valence-electron chi connectivity index (χ4n) is 1.79. The first-order chi connectivity index (χ1) is 10.7. The normalized spacial score (nSPS) is 11.0. The number of halogens is 1. The molecule has 3 rings (SSSR count). The topological polar surface area (TPSA) is 70.1 Å². The number of aromatic nitrogens is 2. The second-order valence-corrected chi connectivity index (χ2v) is 6.10. The summed E-state index contributed by atoms with van der Waals surface area (Å²) in [5, 5.41) is 10.7. The number of thiophene rings is 1. The third-order valence-electron chi connectivity index (χ3n) is 2.83. The molecule has 7 heteroatoms. The van der Waals surface area contributed by atoms with Gasteiger partial charge in [0.05, 0.1) is 21.1 Å². The predicted molar refractivity (Wildman–Crippen MR) is 88.4 cm³/mol. The largest absolute Gasteiger partial charge is 0.291 e. The van der Waals surface area contributed by atoms with Crippen LogP contribution in [-0.2, 0) is 0 Å². The van der Waals surface area contributed by atoms with E-state index in [0.717, 1.165) is 16.1 Å². The summed E-state index contributed by atoms with van der Waals surface area (Å²) in [4.78, 5) is 12.9. The molecular formula is C15H11ClN4OS. The second kappa shape index (κ2) is 6.55. The molecule has 0 radical (unpaired) electrons. The van der Waals surface area contributed by atoms with Gasteiger partial charge in [0.15, 0.2) is 5.69 Å². The third-order valence-corrected chi connectivity index (χ3v) is 4.09. The maximum absolute atomic E-state index is 12.0. The molecule has 0 aliphatic heterocycles. The maximum atomic E-state index is 12.0. The van der Waals surface area contributed by atoms with E-state index in [0.29, 0.717) is 4.34 Å². The first kappa shape index (κ1) is 14.5. The van der Waals surface area contributed by atoms with Crippen LogP contribution in [0.4, 0.5) is 0 Å². The Labute approximate surface area is 135 Å². The highest BCUT2D eigenvalue weighted by Crippen LogP contribution is 2.29. The van der Waals surface area contributed by atoms with E-state index in [1.54, 1.807) is 18.3 Å². The van der Waals surface area contributed by atoms with Gasteiger partial charge < -0.3 is 0 Å². The maximum Gasteiger partial charge on any atom is 0.291 e. The number of hydrogen-bond acceptors (Lipinski definition) is 4. The van der Waals surface area contributed by atoms with Crippen molar-refractivity contribution in [1.29, 1.82) is 0 Å². The Balaban J connectivity index is 1.66. The van der Waals surface area contributed by atoms with Crippen LogP contribution in [-0.4, -0.2) is 22.3 Å². The summed E-state index contributed by atoms with van der Waals surface area (Å²) in [5.41, 5.74) is 4.36. The Morgan fingerprint density at radius 1 is 1.27 bits per heavy atom. The van der Waals surface area contributed by atoms with Crippen LogP contribution in [0.1, 0.15) is 16.1 Å². The molecule has 0 aliphatic rings. The van der Waals surface area contributed by atoms with Crippen molar-refractivity contribution < 1.29 is 4.79 Å². The van der Waals surface area contributed by atoms with Crippen molar-refractivity contribution in [2.24, 2.45) is 5.10 Å². The molecule has 0 saturated heterocycles. The number of hydrogen-bond donors (Lipinski definition) is 2. The van der Waals surface area contributed by atoms with Crippen LogP contribution in [0.2, 0.25) is 4.34 Å². The van der Waals surface area contributed by atoms with Crippen LogP contribution in [0.5, 0.6) is 0 Å². The SMILES string of the molecule is O=C(NN=Cc1ccccc1)c1cc(-c2ccc(Cl)s2)[nH]n1. The van der Waals surface area contributed by atoms with E-state index < -0.39 is 0 Å². The summed E-state index contributed by atoms with van der Waals surface area (Å²) < 4.78 is 0.683. The molecular weight excluding hydrogens is 320 g/mol. The fraction of sp³-hybridized carbons (Fsp3) is 0. The lowest BCUT2D eigenvalue weighted by Gasteiger charge is -1.94. The average Bonchev–Trinajstić information content (AvgIpc) is 3.17. The van der Waals surface area contributed by atoms with Gasteiger partial charge in [-0.25, -0.2) is 5.43 Å². The van der Waals surface area contributed by atoms with Crippen molar-refractivity contribution in [3.8, 4) is 10.6 Å². The number of carbonyl (C=O) groups excluding carboxylic acids is 1. The van der Waals surface area contributed by atoms with E-state index in [1.165, 1.54) is 11.3 Å². The van der Waals surface area contributed by atoms with Crippen LogP contribution in [0.3, 0.4) is 0 Å². The van der Waals surface area contributed by atoms with E-state index >= 15 is 0 Å². The molecule has 0 aliphatic carbocycles. The molecule has 2 aromatic heterocycles. The van der Waals surface area contributed by atoms with Crippen molar-refractivity contribution in [3.63, 3.8) is 0 Å². The highest BCUT2D eigenvalue weighted by atomic mass is 35.5. The van der Waals surface area contributed by atoms with Gasteiger partial charge in [0.25, 0.3) is 5.91 Å². The summed E-state index contributed by atoms with van der Waals surface area (Å²) in [7, 11) is 0. The molecule has 1 amide bonds. The lowest BCUT2D eigenvalue weighted by molar-refractivity contribution is 0.0950. The minimum Gasteiger partial charge on any atom is -0.276 e. The molecule has 0 atom stereocenters. The van der Waals surface area contributed by atoms with Crippen molar-refractivity contribution in [2.45, 2.75) is 0 Å². The molecule has 2 heterocycles. The quantitative estimate of drug-likeness (QED) is 0.567. The monoisotopic (exact) mass is 330 g/mol. The molecule has 2 N–H and O–H groups in total. The predicted octanol–water partition coefficient (Wildman–Crippen LogP) is 3.56. The molecule has 22 heavy (non-hydrogen) atoms. The Morgan fingerprint density at radius 2 is 2.09 bits per heavy atom. The summed E-state index contributed by atoms with van der Waals surface area (Å²) in [5.74, 6) is -0.377. The Hall–Kier alpha value is -2.44. The zero-order valence-corrected chi connectivity index (χ0v) is 12.9. The molecule has 0 fully saturated rings. The molecule has 0 unspecified atom stereocenters. The molecule has 5 nitrogen and oxygen atoms in total.